The van der Waals surface area contributed by atoms with Crippen LogP contribution in [0.25, 0.3) is 27.8 Å². The summed E-state index contributed by atoms with van der Waals surface area (Å²) in [5, 5.41) is 16.0. The first-order valence-electron chi connectivity index (χ1n) is 11.1. The lowest BCUT2D eigenvalue weighted by Gasteiger charge is -2.29. The molecular formula is C25H20ClFN6O2. The van der Waals surface area contributed by atoms with Crippen molar-refractivity contribution >= 4 is 33.8 Å². The monoisotopic (exact) mass is 490 g/mol. The molecule has 0 spiro atoms. The van der Waals surface area contributed by atoms with Crippen LogP contribution in [0.2, 0.25) is 5.02 Å². The minimum Gasteiger partial charge on any atom is -0.382 e. The predicted molar refractivity (Wildman–Crippen MR) is 130 cm³/mol. The van der Waals surface area contributed by atoms with Crippen LogP contribution >= 0.6 is 11.6 Å². The molecule has 3 aromatic heterocycles. The van der Waals surface area contributed by atoms with E-state index in [1.54, 1.807) is 29.0 Å². The Kier molecular flexibility index (Phi) is 5.52. The van der Waals surface area contributed by atoms with Gasteiger partial charge in [-0.15, -0.1) is 0 Å². The first-order valence-corrected chi connectivity index (χ1v) is 11.5. The molecule has 1 saturated heterocycles. The lowest BCUT2D eigenvalue weighted by Crippen LogP contribution is -2.36. The summed E-state index contributed by atoms with van der Waals surface area (Å²) in [6, 6.07) is 12.0. The van der Waals surface area contributed by atoms with Gasteiger partial charge in [-0.05, 0) is 36.4 Å². The molecule has 1 aliphatic heterocycles. The van der Waals surface area contributed by atoms with Crippen molar-refractivity contribution in [3.8, 4) is 11.3 Å². The zero-order valence-electron chi connectivity index (χ0n) is 18.5. The molecule has 0 saturated carbocycles. The average molecular weight is 491 g/mol. The number of hydrogen-bond acceptors (Lipinski definition) is 7. The van der Waals surface area contributed by atoms with Gasteiger partial charge in [0, 0.05) is 52.6 Å². The van der Waals surface area contributed by atoms with Crippen LogP contribution in [0.3, 0.4) is 0 Å². The summed E-state index contributed by atoms with van der Waals surface area (Å²) in [5.41, 5.74) is 3.66. The Hall–Kier alpha value is -3.66. The summed E-state index contributed by atoms with van der Waals surface area (Å²) in [6.07, 6.45) is 3.57. The van der Waals surface area contributed by atoms with Crippen molar-refractivity contribution in [3.63, 3.8) is 0 Å². The number of morpholine rings is 1. The molecule has 0 amide bonds. The van der Waals surface area contributed by atoms with Crippen molar-refractivity contribution in [2.45, 2.75) is 6.10 Å². The molecule has 8 nitrogen and oxygen atoms in total. The standard InChI is InChI=1S/C25H20ClFN6O2/c26-19-13-20(27)18(12-17(19)25(34)21-4-6-33-23(31-21)3-5-30-33)24-16-2-1-15(11-22(16)28-14-29-24)32-7-9-35-10-8-32/h1-6,11-14,25,34H,7-10H2. The second-order valence-corrected chi connectivity index (χ2v) is 8.67. The normalized spacial score (nSPS) is 15.1. The summed E-state index contributed by atoms with van der Waals surface area (Å²) in [6.45, 7) is 2.96. The molecule has 6 rings (SSSR count). The van der Waals surface area contributed by atoms with Gasteiger partial charge >= 0.3 is 0 Å². The number of halogens is 2. The molecule has 0 radical (unpaired) electrons. The Morgan fingerprint density at radius 3 is 2.77 bits per heavy atom. The minimum absolute atomic E-state index is 0.0990. The Morgan fingerprint density at radius 2 is 1.91 bits per heavy atom. The molecule has 1 unspecified atom stereocenters. The molecule has 2 aromatic carbocycles. The highest BCUT2D eigenvalue weighted by atomic mass is 35.5. The minimum atomic E-state index is -1.16. The number of hydrogen-bond donors (Lipinski definition) is 1. The number of rotatable bonds is 4. The van der Waals surface area contributed by atoms with Gasteiger partial charge in [0.1, 0.15) is 18.2 Å². The van der Waals surface area contributed by atoms with E-state index in [9.17, 15) is 5.11 Å². The Morgan fingerprint density at radius 1 is 1.06 bits per heavy atom. The zero-order chi connectivity index (χ0) is 23.9. The number of ether oxygens (including phenoxy) is 1. The largest absolute Gasteiger partial charge is 0.382 e. The second kappa shape index (κ2) is 8.84. The number of aliphatic hydroxyl groups is 1. The highest BCUT2D eigenvalue weighted by Crippen LogP contribution is 2.36. The molecule has 0 aliphatic carbocycles. The van der Waals surface area contributed by atoms with Crippen LogP contribution in [0, 0.1) is 5.82 Å². The van der Waals surface area contributed by atoms with Crippen LogP contribution in [0.15, 0.2) is 61.2 Å². The third-order valence-corrected chi connectivity index (χ3v) is 6.52. The van der Waals surface area contributed by atoms with Crippen LogP contribution in [0.4, 0.5) is 10.1 Å². The molecular weight excluding hydrogens is 471 g/mol. The maximum atomic E-state index is 15.2. The first-order chi connectivity index (χ1) is 17.1. The molecule has 10 heteroatoms. The maximum Gasteiger partial charge on any atom is 0.155 e. The van der Waals surface area contributed by atoms with Crippen molar-refractivity contribution in [1.29, 1.82) is 0 Å². The number of anilines is 1. The van der Waals surface area contributed by atoms with Gasteiger partial charge < -0.3 is 14.7 Å². The van der Waals surface area contributed by atoms with Crippen LogP contribution < -0.4 is 4.90 Å². The first kappa shape index (κ1) is 21.8. The van der Waals surface area contributed by atoms with Gasteiger partial charge in [0.05, 0.1) is 36.3 Å². The van der Waals surface area contributed by atoms with Gasteiger partial charge in [-0.25, -0.2) is 23.9 Å². The molecule has 5 aromatic rings. The van der Waals surface area contributed by atoms with Crippen molar-refractivity contribution in [2.24, 2.45) is 0 Å². The van der Waals surface area contributed by atoms with Crippen molar-refractivity contribution in [2.75, 3.05) is 31.2 Å². The number of nitrogens with zero attached hydrogens (tertiary/aromatic N) is 6. The number of aromatic nitrogens is 5. The molecule has 1 aliphatic rings. The molecule has 35 heavy (non-hydrogen) atoms. The SMILES string of the molecule is OC(c1ccn2nccc2n1)c1cc(-c2ncnc3cc(N4CCOCC4)ccc23)c(F)cc1Cl. The third kappa shape index (κ3) is 3.97. The van der Waals surface area contributed by atoms with E-state index in [1.165, 1.54) is 18.5 Å². The van der Waals surface area contributed by atoms with Crippen LogP contribution in [-0.4, -0.2) is 56.0 Å². The van der Waals surface area contributed by atoms with Gasteiger partial charge in [0.15, 0.2) is 5.65 Å². The number of benzene rings is 2. The lowest BCUT2D eigenvalue weighted by atomic mass is 9.99. The van der Waals surface area contributed by atoms with E-state index in [2.05, 4.69) is 25.0 Å². The molecule has 4 heterocycles. The van der Waals surface area contributed by atoms with Gasteiger partial charge in [0.25, 0.3) is 0 Å². The smallest absolute Gasteiger partial charge is 0.155 e. The highest BCUT2D eigenvalue weighted by molar-refractivity contribution is 6.31. The molecule has 1 N–H and O–H groups in total. The lowest BCUT2D eigenvalue weighted by molar-refractivity contribution is 0.122. The second-order valence-electron chi connectivity index (χ2n) is 8.27. The Labute approximate surface area is 204 Å². The van der Waals surface area contributed by atoms with E-state index >= 15 is 4.39 Å². The fourth-order valence-corrected chi connectivity index (χ4v) is 4.63. The van der Waals surface area contributed by atoms with Crippen molar-refractivity contribution in [3.05, 3.63) is 83.3 Å². The van der Waals surface area contributed by atoms with E-state index in [0.717, 1.165) is 18.8 Å². The quantitative estimate of drug-likeness (QED) is 0.406. The number of aliphatic hydroxyl groups excluding tert-OH is 1. The summed E-state index contributed by atoms with van der Waals surface area (Å²) in [5.74, 6) is -0.539. The van der Waals surface area contributed by atoms with Gasteiger partial charge in [-0.3, -0.25) is 0 Å². The third-order valence-electron chi connectivity index (χ3n) is 6.19. The summed E-state index contributed by atoms with van der Waals surface area (Å²) in [4.78, 5) is 15.5. The summed E-state index contributed by atoms with van der Waals surface area (Å²) < 4.78 is 22.2. The van der Waals surface area contributed by atoms with Crippen molar-refractivity contribution < 1.29 is 14.2 Å². The molecule has 0 bridgehead atoms. The van der Waals surface area contributed by atoms with Crippen molar-refractivity contribution in [1.82, 2.24) is 24.6 Å². The van der Waals surface area contributed by atoms with Gasteiger partial charge in [0.2, 0.25) is 0 Å². The van der Waals surface area contributed by atoms with Crippen LogP contribution in [-0.2, 0) is 4.74 Å². The molecule has 1 atom stereocenters. The molecule has 1 fully saturated rings. The molecule has 176 valence electrons. The fourth-order valence-electron chi connectivity index (χ4n) is 4.37. The summed E-state index contributed by atoms with van der Waals surface area (Å²) >= 11 is 6.36. The Balaban J connectivity index is 1.42. The van der Waals surface area contributed by atoms with E-state index < -0.39 is 11.9 Å². The average Bonchev–Trinajstić information content (AvgIpc) is 3.36. The number of fused-ring (bicyclic) bond motifs is 2. The predicted octanol–water partition coefficient (Wildman–Crippen LogP) is 4.05. The van der Waals surface area contributed by atoms with Gasteiger partial charge in [-0.1, -0.05) is 11.6 Å². The summed E-state index contributed by atoms with van der Waals surface area (Å²) in [7, 11) is 0. The van der Waals surface area contributed by atoms with Gasteiger partial charge in [-0.2, -0.15) is 5.10 Å². The van der Waals surface area contributed by atoms with Crippen LogP contribution in [0.1, 0.15) is 17.4 Å². The fraction of sp³-hybridized carbons (Fsp3) is 0.200. The zero-order valence-corrected chi connectivity index (χ0v) is 19.2. The van der Waals surface area contributed by atoms with E-state index in [-0.39, 0.29) is 10.6 Å². The van der Waals surface area contributed by atoms with Crippen LogP contribution in [0.5, 0.6) is 0 Å². The topological polar surface area (TPSA) is 88.7 Å². The highest BCUT2D eigenvalue weighted by Gasteiger charge is 2.22. The van der Waals surface area contributed by atoms with E-state index in [0.29, 0.717) is 46.7 Å². The maximum absolute atomic E-state index is 15.2. The van der Waals surface area contributed by atoms with E-state index in [1.807, 2.05) is 18.2 Å². The Bertz CT molecular complexity index is 1550. The van der Waals surface area contributed by atoms with E-state index in [4.69, 9.17) is 16.3 Å².